The van der Waals surface area contributed by atoms with Crippen molar-refractivity contribution < 1.29 is 4.74 Å². The normalized spacial score (nSPS) is 11.6. The van der Waals surface area contributed by atoms with Gasteiger partial charge in [-0.2, -0.15) is 5.26 Å². The Morgan fingerprint density at radius 3 is 2.70 bits per heavy atom. The molecule has 0 fully saturated rings. The standard InChI is InChI=1S/C20H20N4OS2/c1-3-25-18-7-5-4-6-17(18)22-19-23-24-20(27-19)26-16(13-21)12-15-10-8-14(2)9-11-15/h4-11,16H,3,12H2,1-2H3,(H,22,23). The number of ether oxygens (including phenoxy) is 1. The number of anilines is 2. The SMILES string of the molecule is CCOc1ccccc1Nc1nnc(SC(C#N)Cc2ccc(C)cc2)s1. The molecule has 0 bridgehead atoms. The summed E-state index contributed by atoms with van der Waals surface area (Å²) in [6, 6.07) is 18.3. The van der Waals surface area contributed by atoms with Gasteiger partial charge in [-0.3, -0.25) is 0 Å². The topological polar surface area (TPSA) is 70.8 Å². The van der Waals surface area contributed by atoms with E-state index in [-0.39, 0.29) is 5.25 Å². The summed E-state index contributed by atoms with van der Waals surface area (Å²) in [7, 11) is 0. The van der Waals surface area contributed by atoms with Gasteiger partial charge >= 0.3 is 0 Å². The molecule has 0 spiro atoms. The first-order valence-electron chi connectivity index (χ1n) is 8.62. The fourth-order valence-corrected chi connectivity index (χ4v) is 4.38. The maximum absolute atomic E-state index is 9.49. The van der Waals surface area contributed by atoms with Gasteiger partial charge in [-0.1, -0.05) is 65.1 Å². The molecule has 0 saturated carbocycles. The van der Waals surface area contributed by atoms with Crippen molar-refractivity contribution in [2.75, 3.05) is 11.9 Å². The average Bonchev–Trinajstić information content (AvgIpc) is 3.11. The number of rotatable bonds is 8. The van der Waals surface area contributed by atoms with Crippen LogP contribution in [0.5, 0.6) is 5.75 Å². The summed E-state index contributed by atoms with van der Waals surface area (Å²) in [5.41, 5.74) is 3.21. The molecule has 2 aromatic carbocycles. The second-order valence-corrected chi connectivity index (χ2v) is 8.28. The molecular weight excluding hydrogens is 376 g/mol. The third kappa shape index (κ3) is 5.46. The van der Waals surface area contributed by atoms with E-state index in [9.17, 15) is 5.26 Å². The summed E-state index contributed by atoms with van der Waals surface area (Å²) in [5.74, 6) is 0.777. The van der Waals surface area contributed by atoms with Crippen LogP contribution in [0.1, 0.15) is 18.1 Å². The zero-order chi connectivity index (χ0) is 19.1. The first-order valence-corrected chi connectivity index (χ1v) is 10.3. The molecule has 1 atom stereocenters. The van der Waals surface area contributed by atoms with Crippen molar-refractivity contribution in [3.63, 3.8) is 0 Å². The molecule has 0 saturated heterocycles. The summed E-state index contributed by atoms with van der Waals surface area (Å²) in [5, 5.41) is 21.6. The summed E-state index contributed by atoms with van der Waals surface area (Å²) >= 11 is 2.88. The summed E-state index contributed by atoms with van der Waals surface area (Å²) in [6.07, 6.45) is 0.678. The first-order chi connectivity index (χ1) is 13.2. The van der Waals surface area contributed by atoms with Crippen molar-refractivity contribution in [2.45, 2.75) is 29.9 Å². The van der Waals surface area contributed by atoms with Gasteiger partial charge in [-0.15, -0.1) is 10.2 Å². The van der Waals surface area contributed by atoms with Gasteiger partial charge in [0.1, 0.15) is 11.0 Å². The molecule has 3 aromatic rings. The van der Waals surface area contributed by atoms with E-state index in [2.05, 4.69) is 52.8 Å². The number of nitrogens with zero attached hydrogens (tertiary/aromatic N) is 3. The van der Waals surface area contributed by atoms with Crippen molar-refractivity contribution in [1.29, 1.82) is 5.26 Å². The molecule has 1 unspecified atom stereocenters. The monoisotopic (exact) mass is 396 g/mol. The van der Waals surface area contributed by atoms with Crippen LogP contribution >= 0.6 is 23.1 Å². The van der Waals surface area contributed by atoms with E-state index < -0.39 is 0 Å². The van der Waals surface area contributed by atoms with Gasteiger partial charge < -0.3 is 10.1 Å². The number of nitriles is 1. The van der Waals surface area contributed by atoms with Crippen LogP contribution in [0.2, 0.25) is 0 Å². The lowest BCUT2D eigenvalue weighted by molar-refractivity contribution is 0.342. The fraction of sp³-hybridized carbons (Fsp3) is 0.250. The molecule has 0 aliphatic rings. The van der Waals surface area contributed by atoms with Gasteiger partial charge in [-0.25, -0.2) is 0 Å². The number of thioether (sulfide) groups is 1. The van der Waals surface area contributed by atoms with Gasteiger partial charge in [0.15, 0.2) is 4.34 Å². The Morgan fingerprint density at radius 1 is 1.19 bits per heavy atom. The smallest absolute Gasteiger partial charge is 0.210 e. The van der Waals surface area contributed by atoms with Gasteiger partial charge in [0.05, 0.1) is 18.4 Å². The summed E-state index contributed by atoms with van der Waals surface area (Å²) in [6.45, 7) is 4.60. The molecule has 1 N–H and O–H groups in total. The Bertz CT molecular complexity index is 918. The highest BCUT2D eigenvalue weighted by Crippen LogP contribution is 2.33. The number of aryl methyl sites for hydroxylation is 1. The Hall–Kier alpha value is -2.56. The summed E-state index contributed by atoms with van der Waals surface area (Å²) < 4.78 is 6.39. The largest absolute Gasteiger partial charge is 0.492 e. The van der Waals surface area contributed by atoms with Gasteiger partial charge in [-0.05, 0) is 38.0 Å². The molecule has 5 nitrogen and oxygen atoms in total. The molecule has 0 amide bonds. The van der Waals surface area contributed by atoms with Crippen molar-refractivity contribution in [3.05, 3.63) is 59.7 Å². The van der Waals surface area contributed by atoms with E-state index in [4.69, 9.17) is 4.74 Å². The predicted molar refractivity (Wildman–Crippen MR) is 111 cm³/mol. The van der Waals surface area contributed by atoms with E-state index >= 15 is 0 Å². The molecule has 7 heteroatoms. The van der Waals surface area contributed by atoms with Crippen LogP contribution < -0.4 is 10.1 Å². The van der Waals surface area contributed by atoms with Crippen molar-refractivity contribution >= 4 is 33.9 Å². The van der Waals surface area contributed by atoms with Gasteiger partial charge in [0, 0.05) is 0 Å². The Labute approximate surface area is 167 Å². The maximum atomic E-state index is 9.49. The molecular formula is C20H20N4OS2. The molecule has 0 aliphatic heterocycles. The average molecular weight is 397 g/mol. The maximum Gasteiger partial charge on any atom is 0.210 e. The van der Waals surface area contributed by atoms with Crippen molar-refractivity contribution in [2.24, 2.45) is 0 Å². The molecule has 1 heterocycles. The van der Waals surface area contributed by atoms with Crippen LogP contribution in [0.3, 0.4) is 0 Å². The van der Waals surface area contributed by atoms with E-state index in [1.807, 2.05) is 31.2 Å². The predicted octanol–water partition coefficient (Wildman–Crippen LogP) is 5.22. The highest BCUT2D eigenvalue weighted by Gasteiger charge is 2.15. The lowest BCUT2D eigenvalue weighted by atomic mass is 10.1. The van der Waals surface area contributed by atoms with Crippen LogP contribution in [0, 0.1) is 18.3 Å². The van der Waals surface area contributed by atoms with E-state index in [1.54, 1.807) is 0 Å². The minimum atomic E-state index is -0.204. The number of nitrogens with one attached hydrogen (secondary N) is 1. The van der Waals surface area contributed by atoms with Gasteiger partial charge in [0.25, 0.3) is 0 Å². The van der Waals surface area contributed by atoms with Crippen molar-refractivity contribution in [3.8, 4) is 11.8 Å². The number of hydrogen-bond acceptors (Lipinski definition) is 7. The first kappa shape index (κ1) is 19.2. The quantitative estimate of drug-likeness (QED) is 0.527. The number of aromatic nitrogens is 2. The Morgan fingerprint density at radius 2 is 1.96 bits per heavy atom. The number of para-hydroxylation sites is 2. The lowest BCUT2D eigenvalue weighted by Crippen LogP contribution is -2.03. The zero-order valence-corrected chi connectivity index (χ0v) is 16.8. The number of benzene rings is 2. The van der Waals surface area contributed by atoms with Crippen LogP contribution in [0.15, 0.2) is 52.9 Å². The highest BCUT2D eigenvalue weighted by molar-refractivity contribution is 8.01. The van der Waals surface area contributed by atoms with E-state index in [0.29, 0.717) is 18.2 Å². The van der Waals surface area contributed by atoms with E-state index in [0.717, 1.165) is 21.3 Å². The van der Waals surface area contributed by atoms with E-state index in [1.165, 1.54) is 28.7 Å². The van der Waals surface area contributed by atoms with Crippen molar-refractivity contribution in [1.82, 2.24) is 10.2 Å². The van der Waals surface area contributed by atoms with Gasteiger partial charge in [0.2, 0.25) is 5.13 Å². The summed E-state index contributed by atoms with van der Waals surface area (Å²) in [4.78, 5) is 0. The second-order valence-electron chi connectivity index (χ2n) is 5.85. The molecule has 3 rings (SSSR count). The highest BCUT2D eigenvalue weighted by atomic mass is 32.2. The molecule has 138 valence electrons. The molecule has 0 aliphatic carbocycles. The van der Waals surface area contributed by atoms with Crippen LogP contribution in [0.25, 0.3) is 0 Å². The zero-order valence-electron chi connectivity index (χ0n) is 15.2. The third-order valence-electron chi connectivity index (χ3n) is 3.76. The van der Waals surface area contributed by atoms with Crippen LogP contribution in [-0.4, -0.2) is 22.1 Å². The third-order valence-corrected chi connectivity index (χ3v) is 5.78. The minimum Gasteiger partial charge on any atom is -0.492 e. The lowest BCUT2D eigenvalue weighted by Gasteiger charge is -2.09. The van der Waals surface area contributed by atoms with Crippen LogP contribution in [0.4, 0.5) is 10.8 Å². The fourth-order valence-electron chi connectivity index (χ4n) is 2.45. The molecule has 27 heavy (non-hydrogen) atoms. The Kier molecular flexibility index (Phi) is 6.69. The Balaban J connectivity index is 1.65. The minimum absolute atomic E-state index is 0.204. The molecule has 0 radical (unpaired) electrons. The number of hydrogen-bond donors (Lipinski definition) is 1. The second kappa shape index (κ2) is 9.40. The van der Waals surface area contributed by atoms with Crippen LogP contribution in [-0.2, 0) is 6.42 Å². The molecule has 1 aromatic heterocycles.